The Morgan fingerprint density at radius 1 is 0.878 bits per heavy atom. The fourth-order valence-electron chi connectivity index (χ4n) is 4.52. The van der Waals surface area contributed by atoms with Crippen LogP contribution in [0.5, 0.6) is 5.88 Å². The number of carbonyl (C=O) groups excluding carboxylic acids is 1. The highest BCUT2D eigenvalue weighted by Gasteiger charge is 2.30. The molecule has 0 N–H and O–H groups in total. The maximum absolute atomic E-state index is 13.2. The third-order valence-electron chi connectivity index (χ3n) is 6.47. The minimum absolute atomic E-state index is 0.0276. The number of rotatable bonds is 8. The Morgan fingerprint density at radius 3 is 2.32 bits per heavy atom. The van der Waals surface area contributed by atoms with Gasteiger partial charge in [0.1, 0.15) is 18.2 Å². The maximum atomic E-state index is 13.2. The van der Waals surface area contributed by atoms with Crippen molar-refractivity contribution in [1.82, 2.24) is 4.98 Å². The summed E-state index contributed by atoms with van der Waals surface area (Å²) >= 11 is 0. The van der Waals surface area contributed by atoms with Gasteiger partial charge in [0, 0.05) is 18.1 Å². The molecule has 0 radical (unpaired) electrons. The molecule has 5 rings (SSSR count). The van der Waals surface area contributed by atoms with Crippen molar-refractivity contribution in [1.29, 1.82) is 5.26 Å². The van der Waals surface area contributed by atoms with Crippen molar-refractivity contribution in [3.63, 3.8) is 0 Å². The van der Waals surface area contributed by atoms with E-state index in [1.165, 1.54) is 19.1 Å². The van der Waals surface area contributed by atoms with E-state index < -0.39 is 17.7 Å². The molecule has 0 atom stereocenters. The van der Waals surface area contributed by atoms with Crippen LogP contribution in [0.3, 0.4) is 0 Å². The van der Waals surface area contributed by atoms with E-state index in [1.54, 1.807) is 6.07 Å². The zero-order valence-corrected chi connectivity index (χ0v) is 21.9. The van der Waals surface area contributed by atoms with E-state index in [0.717, 1.165) is 39.2 Å². The number of nitrogens with zero attached hydrogens (tertiary/aromatic N) is 2. The lowest BCUT2D eigenvalue weighted by Gasteiger charge is -2.15. The SMILES string of the molecule is CC(=O)OCCOCOc1nc(-c2ccc3c(ccc4ccccc43)c2)cc(-c2ccc(C(F)(F)F)cc2)c1C#N. The Labute approximate surface area is 233 Å². The number of aromatic nitrogens is 1. The minimum Gasteiger partial charge on any atom is -0.463 e. The molecule has 9 heteroatoms. The van der Waals surface area contributed by atoms with Gasteiger partial charge in [-0.3, -0.25) is 4.79 Å². The summed E-state index contributed by atoms with van der Waals surface area (Å²) in [6.07, 6.45) is -4.49. The molecule has 206 valence electrons. The smallest absolute Gasteiger partial charge is 0.416 e. The number of fused-ring (bicyclic) bond motifs is 3. The van der Waals surface area contributed by atoms with Crippen molar-refractivity contribution in [2.75, 3.05) is 20.0 Å². The average Bonchev–Trinajstić information content (AvgIpc) is 2.97. The van der Waals surface area contributed by atoms with Crippen LogP contribution in [0.25, 0.3) is 43.9 Å². The lowest BCUT2D eigenvalue weighted by atomic mass is 9.96. The first-order valence-electron chi connectivity index (χ1n) is 12.6. The Bertz CT molecular complexity index is 1780. The summed E-state index contributed by atoms with van der Waals surface area (Å²) < 4.78 is 55.5. The molecule has 0 aliphatic carbocycles. The van der Waals surface area contributed by atoms with Gasteiger partial charge in [-0.1, -0.05) is 60.7 Å². The molecule has 0 amide bonds. The molecule has 1 heterocycles. The molecule has 5 aromatic rings. The summed E-state index contributed by atoms with van der Waals surface area (Å²) in [6, 6.07) is 26.2. The fraction of sp³-hybridized carbons (Fsp3) is 0.156. The molecule has 0 unspecified atom stereocenters. The van der Waals surface area contributed by atoms with Gasteiger partial charge >= 0.3 is 12.1 Å². The van der Waals surface area contributed by atoms with Crippen molar-refractivity contribution in [3.8, 4) is 34.3 Å². The topological polar surface area (TPSA) is 81.4 Å². The number of carbonyl (C=O) groups is 1. The molecule has 1 aromatic heterocycles. The van der Waals surface area contributed by atoms with Crippen LogP contribution in [0.15, 0.2) is 84.9 Å². The predicted molar refractivity (Wildman–Crippen MR) is 148 cm³/mol. The summed E-state index contributed by atoms with van der Waals surface area (Å²) in [4.78, 5) is 15.5. The van der Waals surface area contributed by atoms with Crippen LogP contribution in [-0.4, -0.2) is 31.0 Å². The highest BCUT2D eigenvalue weighted by atomic mass is 19.4. The first kappa shape index (κ1) is 27.6. The van der Waals surface area contributed by atoms with Crippen LogP contribution >= 0.6 is 0 Å². The zero-order valence-electron chi connectivity index (χ0n) is 21.9. The number of hydrogen-bond acceptors (Lipinski definition) is 6. The van der Waals surface area contributed by atoms with Crippen molar-refractivity contribution in [2.24, 2.45) is 0 Å². The van der Waals surface area contributed by atoms with Crippen LogP contribution in [0.1, 0.15) is 18.1 Å². The molecule has 4 aromatic carbocycles. The van der Waals surface area contributed by atoms with Gasteiger partial charge in [-0.2, -0.15) is 18.4 Å². The van der Waals surface area contributed by atoms with Crippen LogP contribution in [-0.2, 0) is 20.4 Å². The van der Waals surface area contributed by atoms with E-state index in [4.69, 9.17) is 14.2 Å². The summed E-state index contributed by atoms with van der Waals surface area (Å²) in [5, 5.41) is 14.2. The zero-order chi connectivity index (χ0) is 29.0. The molecule has 6 nitrogen and oxygen atoms in total. The van der Waals surface area contributed by atoms with Gasteiger partial charge in [-0.25, -0.2) is 4.98 Å². The summed E-state index contributed by atoms with van der Waals surface area (Å²) in [5.41, 5.74) is 1.19. The van der Waals surface area contributed by atoms with Crippen LogP contribution < -0.4 is 4.74 Å². The maximum Gasteiger partial charge on any atom is 0.416 e. The standard InChI is InChI=1S/C32H23F3N2O4/c1-20(38)40-15-14-39-19-41-31-29(18-36)28(22-8-11-25(12-9-22)32(33,34)35)17-30(37-31)24-10-13-27-23(16-24)7-6-21-4-2-3-5-26(21)27/h2-13,16-17H,14-15,19H2,1H3. The number of benzene rings is 4. The Balaban J connectivity index is 1.56. The molecule has 0 aliphatic rings. The molecule has 0 bridgehead atoms. The second-order valence-electron chi connectivity index (χ2n) is 9.16. The van der Waals surface area contributed by atoms with Crippen molar-refractivity contribution >= 4 is 27.5 Å². The molecular formula is C32H23F3N2O4. The van der Waals surface area contributed by atoms with E-state index in [1.807, 2.05) is 54.6 Å². The van der Waals surface area contributed by atoms with Crippen molar-refractivity contribution in [3.05, 3.63) is 96.1 Å². The number of nitriles is 1. The summed E-state index contributed by atoms with van der Waals surface area (Å²) in [6.45, 7) is 1.08. The minimum atomic E-state index is -4.49. The van der Waals surface area contributed by atoms with Crippen LogP contribution in [0.2, 0.25) is 0 Å². The van der Waals surface area contributed by atoms with E-state index in [0.29, 0.717) is 16.8 Å². The molecule has 0 aliphatic heterocycles. The highest BCUT2D eigenvalue weighted by Crippen LogP contribution is 2.37. The van der Waals surface area contributed by atoms with E-state index in [2.05, 4.69) is 11.1 Å². The number of hydrogen-bond donors (Lipinski definition) is 0. The normalized spacial score (nSPS) is 11.4. The fourth-order valence-corrected chi connectivity index (χ4v) is 4.52. The van der Waals surface area contributed by atoms with Gasteiger partial charge in [0.25, 0.3) is 0 Å². The van der Waals surface area contributed by atoms with Gasteiger partial charge in [0.15, 0.2) is 6.79 Å². The average molecular weight is 557 g/mol. The monoisotopic (exact) mass is 556 g/mol. The molecule has 0 spiro atoms. The quantitative estimate of drug-likeness (QED) is 0.0851. The number of pyridine rings is 1. The largest absolute Gasteiger partial charge is 0.463 e. The summed E-state index contributed by atoms with van der Waals surface area (Å²) in [7, 11) is 0. The van der Waals surface area contributed by atoms with Gasteiger partial charge in [0.2, 0.25) is 5.88 Å². The third kappa shape index (κ3) is 6.13. The van der Waals surface area contributed by atoms with E-state index in [-0.39, 0.29) is 31.5 Å². The first-order valence-corrected chi connectivity index (χ1v) is 12.6. The second kappa shape index (κ2) is 11.7. The molecule has 0 saturated carbocycles. The number of alkyl halides is 3. The van der Waals surface area contributed by atoms with Crippen LogP contribution in [0, 0.1) is 11.3 Å². The molecule has 41 heavy (non-hydrogen) atoms. The lowest BCUT2D eigenvalue weighted by molar-refractivity contribution is -0.143. The van der Waals surface area contributed by atoms with Gasteiger partial charge in [-0.15, -0.1) is 0 Å². The highest BCUT2D eigenvalue weighted by molar-refractivity contribution is 6.08. The van der Waals surface area contributed by atoms with E-state index in [9.17, 15) is 23.2 Å². The Hall–Kier alpha value is -4.94. The second-order valence-corrected chi connectivity index (χ2v) is 9.16. The number of ether oxygens (including phenoxy) is 3. The predicted octanol–water partition coefficient (Wildman–Crippen LogP) is 7.53. The molecular weight excluding hydrogens is 533 g/mol. The number of halogens is 3. The third-order valence-corrected chi connectivity index (χ3v) is 6.47. The molecule has 0 saturated heterocycles. The van der Waals surface area contributed by atoms with Crippen molar-refractivity contribution < 1.29 is 32.2 Å². The summed E-state index contributed by atoms with van der Waals surface area (Å²) in [5.74, 6) is -0.480. The Kier molecular flexibility index (Phi) is 7.86. The van der Waals surface area contributed by atoms with Gasteiger partial charge < -0.3 is 14.2 Å². The van der Waals surface area contributed by atoms with Crippen molar-refractivity contribution in [2.45, 2.75) is 13.1 Å². The number of esters is 1. The lowest BCUT2D eigenvalue weighted by Crippen LogP contribution is -2.12. The van der Waals surface area contributed by atoms with Gasteiger partial charge in [0.05, 0.1) is 17.9 Å². The molecule has 0 fully saturated rings. The first-order chi connectivity index (χ1) is 19.7. The van der Waals surface area contributed by atoms with Gasteiger partial charge in [-0.05, 0) is 51.4 Å². The Morgan fingerprint density at radius 2 is 1.59 bits per heavy atom. The van der Waals surface area contributed by atoms with E-state index >= 15 is 0 Å². The van der Waals surface area contributed by atoms with Crippen LogP contribution in [0.4, 0.5) is 13.2 Å².